The number of carbonyl (C=O) groups excluding carboxylic acids is 2. The Morgan fingerprint density at radius 1 is 0.968 bits per heavy atom. The number of ether oxygens (including phenoxy) is 1. The van der Waals surface area contributed by atoms with Crippen LogP contribution in [0.5, 0.6) is 11.5 Å². The lowest BCUT2D eigenvalue weighted by atomic mass is 10.1. The highest BCUT2D eigenvalue weighted by Gasteiger charge is 2.14. The van der Waals surface area contributed by atoms with Gasteiger partial charge in [-0.3, -0.25) is 19.6 Å². The number of aromatic nitrogens is 2. The molecule has 0 saturated heterocycles. The van der Waals surface area contributed by atoms with Gasteiger partial charge in [0.15, 0.2) is 5.78 Å². The maximum Gasteiger partial charge on any atom is 0.251 e. The van der Waals surface area contributed by atoms with E-state index >= 15 is 0 Å². The molecule has 1 amide bonds. The van der Waals surface area contributed by atoms with E-state index in [1.807, 2.05) is 31.2 Å². The van der Waals surface area contributed by atoms with Gasteiger partial charge in [-0.05, 0) is 61.9 Å². The van der Waals surface area contributed by atoms with Crippen molar-refractivity contribution in [3.05, 3.63) is 95.4 Å². The van der Waals surface area contributed by atoms with Gasteiger partial charge in [0.05, 0.1) is 5.52 Å². The average Bonchev–Trinajstić information content (AvgIpc) is 2.79. The number of nitrogens with zero attached hydrogens (tertiary/aromatic N) is 2. The first kappa shape index (κ1) is 20.2. The minimum absolute atomic E-state index is 0.0173. The summed E-state index contributed by atoms with van der Waals surface area (Å²) in [7, 11) is 0. The van der Waals surface area contributed by atoms with Crippen molar-refractivity contribution in [1.82, 2.24) is 15.3 Å². The van der Waals surface area contributed by atoms with Gasteiger partial charge in [-0.15, -0.1) is 0 Å². The summed E-state index contributed by atoms with van der Waals surface area (Å²) in [4.78, 5) is 32.7. The van der Waals surface area contributed by atoms with Gasteiger partial charge in [0.2, 0.25) is 0 Å². The van der Waals surface area contributed by atoms with Gasteiger partial charge >= 0.3 is 0 Å². The lowest BCUT2D eigenvalue weighted by molar-refractivity contribution is 0.0949. The van der Waals surface area contributed by atoms with E-state index in [4.69, 9.17) is 4.74 Å². The second kappa shape index (κ2) is 8.75. The van der Waals surface area contributed by atoms with Crippen LogP contribution >= 0.6 is 0 Å². The van der Waals surface area contributed by atoms with Gasteiger partial charge in [-0.2, -0.15) is 0 Å². The van der Waals surface area contributed by atoms with Crippen LogP contribution in [-0.2, 0) is 6.54 Å². The van der Waals surface area contributed by atoms with Crippen LogP contribution in [-0.4, -0.2) is 21.7 Å². The fourth-order valence-electron chi connectivity index (χ4n) is 3.30. The molecule has 0 saturated carbocycles. The van der Waals surface area contributed by atoms with E-state index in [9.17, 15) is 9.59 Å². The van der Waals surface area contributed by atoms with Gasteiger partial charge in [0, 0.05) is 47.2 Å². The molecule has 4 rings (SSSR count). The van der Waals surface area contributed by atoms with E-state index < -0.39 is 0 Å². The molecule has 0 aliphatic heterocycles. The Kier molecular flexibility index (Phi) is 5.71. The van der Waals surface area contributed by atoms with E-state index in [0.717, 1.165) is 16.5 Å². The highest BCUT2D eigenvalue weighted by molar-refractivity contribution is 5.99. The third-order valence-corrected chi connectivity index (χ3v) is 5.06. The van der Waals surface area contributed by atoms with Crippen molar-refractivity contribution in [2.45, 2.75) is 20.4 Å². The van der Waals surface area contributed by atoms with Crippen LogP contribution in [0.25, 0.3) is 10.9 Å². The zero-order valence-corrected chi connectivity index (χ0v) is 17.3. The topological polar surface area (TPSA) is 81.2 Å². The fraction of sp³-hybridized carbons (Fsp3) is 0.120. The molecule has 2 aromatic carbocycles. The summed E-state index contributed by atoms with van der Waals surface area (Å²) >= 11 is 0. The molecule has 0 spiro atoms. The van der Waals surface area contributed by atoms with E-state index in [1.54, 1.807) is 48.9 Å². The maximum atomic E-state index is 12.7. The summed E-state index contributed by atoms with van der Waals surface area (Å²) in [5, 5.41) is 3.72. The van der Waals surface area contributed by atoms with E-state index in [0.29, 0.717) is 34.7 Å². The summed E-state index contributed by atoms with van der Waals surface area (Å²) in [6, 6.07) is 16.2. The molecule has 1 N–H and O–H groups in total. The second-order valence-electron chi connectivity index (χ2n) is 7.17. The van der Waals surface area contributed by atoms with Crippen LogP contribution in [0.3, 0.4) is 0 Å². The van der Waals surface area contributed by atoms with Crippen molar-refractivity contribution in [3.63, 3.8) is 0 Å². The van der Waals surface area contributed by atoms with Crippen LogP contribution in [0.2, 0.25) is 0 Å². The number of benzene rings is 2. The van der Waals surface area contributed by atoms with Crippen LogP contribution in [0, 0.1) is 6.92 Å². The molecule has 2 heterocycles. The molecule has 6 heteroatoms. The zero-order valence-electron chi connectivity index (χ0n) is 17.3. The predicted molar refractivity (Wildman–Crippen MR) is 118 cm³/mol. The zero-order chi connectivity index (χ0) is 21.8. The molecule has 0 unspecified atom stereocenters. The maximum absolute atomic E-state index is 12.7. The summed E-state index contributed by atoms with van der Waals surface area (Å²) < 4.78 is 6.16. The number of ketones is 1. The molecular formula is C25H21N3O3. The van der Waals surface area contributed by atoms with Crippen molar-refractivity contribution < 1.29 is 14.3 Å². The molecule has 2 aromatic heterocycles. The fourth-order valence-corrected chi connectivity index (χ4v) is 3.30. The van der Waals surface area contributed by atoms with Crippen molar-refractivity contribution in [2.24, 2.45) is 0 Å². The average molecular weight is 411 g/mol. The van der Waals surface area contributed by atoms with Crippen molar-refractivity contribution in [1.29, 1.82) is 0 Å². The van der Waals surface area contributed by atoms with Crippen molar-refractivity contribution in [3.8, 4) is 11.5 Å². The highest BCUT2D eigenvalue weighted by Crippen LogP contribution is 2.32. The van der Waals surface area contributed by atoms with Gasteiger partial charge in [-0.25, -0.2) is 0 Å². The Bertz CT molecular complexity index is 1270. The Balaban J connectivity index is 1.58. The summed E-state index contributed by atoms with van der Waals surface area (Å²) in [5.41, 5.74) is 3.53. The summed E-state index contributed by atoms with van der Waals surface area (Å²) in [6.45, 7) is 3.80. The minimum atomic E-state index is -0.176. The SMILES string of the molecule is CC(=O)c1ccc2c(Oc3cccc(C(=O)NCc4ccncc4)c3C)ccnc2c1. The number of nitrogens with one attached hydrogen (secondary N) is 1. The number of hydrogen-bond donors (Lipinski definition) is 1. The lowest BCUT2D eigenvalue weighted by Crippen LogP contribution is -2.23. The number of Topliss-reactive ketones (excluding diaryl/α,β-unsaturated/α-hetero) is 1. The van der Waals surface area contributed by atoms with Crippen LogP contribution in [0.15, 0.2) is 73.2 Å². The van der Waals surface area contributed by atoms with E-state index in [-0.39, 0.29) is 11.7 Å². The quantitative estimate of drug-likeness (QED) is 0.458. The third kappa shape index (κ3) is 4.43. The van der Waals surface area contributed by atoms with Gasteiger partial charge in [0.25, 0.3) is 5.91 Å². The largest absolute Gasteiger partial charge is 0.456 e. The first-order valence-corrected chi connectivity index (χ1v) is 9.87. The molecule has 0 atom stereocenters. The highest BCUT2D eigenvalue weighted by atomic mass is 16.5. The molecule has 0 aliphatic rings. The first-order chi connectivity index (χ1) is 15.0. The Labute approximate surface area is 179 Å². The molecule has 0 radical (unpaired) electrons. The standard InChI is InChI=1S/C25H21N3O3/c1-16-20(25(30)28-15-18-8-11-26-12-9-18)4-3-5-23(16)31-24-10-13-27-22-14-19(17(2)29)6-7-21(22)24/h3-14H,15H2,1-2H3,(H,28,30). The van der Waals surface area contributed by atoms with Gasteiger partial charge < -0.3 is 10.1 Å². The smallest absolute Gasteiger partial charge is 0.251 e. The van der Waals surface area contributed by atoms with Crippen LogP contribution in [0.4, 0.5) is 0 Å². The number of carbonyl (C=O) groups is 2. The second-order valence-corrected chi connectivity index (χ2v) is 7.17. The Morgan fingerprint density at radius 2 is 1.77 bits per heavy atom. The summed E-state index contributed by atoms with van der Waals surface area (Å²) in [5.74, 6) is 0.999. The van der Waals surface area contributed by atoms with E-state index in [2.05, 4.69) is 15.3 Å². The van der Waals surface area contributed by atoms with Gasteiger partial charge in [0.1, 0.15) is 11.5 Å². The Morgan fingerprint density at radius 3 is 2.55 bits per heavy atom. The molecule has 0 aliphatic carbocycles. The lowest BCUT2D eigenvalue weighted by Gasteiger charge is -2.14. The van der Waals surface area contributed by atoms with Crippen LogP contribution < -0.4 is 10.1 Å². The van der Waals surface area contributed by atoms with Crippen molar-refractivity contribution in [2.75, 3.05) is 0 Å². The number of hydrogen-bond acceptors (Lipinski definition) is 5. The monoisotopic (exact) mass is 411 g/mol. The van der Waals surface area contributed by atoms with Crippen molar-refractivity contribution >= 4 is 22.6 Å². The van der Waals surface area contributed by atoms with Gasteiger partial charge in [-0.1, -0.05) is 12.1 Å². The molecule has 6 nitrogen and oxygen atoms in total. The number of rotatable bonds is 6. The summed E-state index contributed by atoms with van der Waals surface area (Å²) in [6.07, 6.45) is 5.03. The Hall–Kier alpha value is -4.06. The minimum Gasteiger partial charge on any atom is -0.456 e. The molecule has 0 fully saturated rings. The predicted octanol–water partition coefficient (Wildman–Crippen LogP) is 4.86. The van der Waals surface area contributed by atoms with E-state index in [1.165, 1.54) is 6.92 Å². The first-order valence-electron chi connectivity index (χ1n) is 9.87. The third-order valence-electron chi connectivity index (χ3n) is 5.06. The normalized spacial score (nSPS) is 10.6. The molecule has 0 bridgehead atoms. The number of pyridine rings is 2. The number of fused-ring (bicyclic) bond motifs is 1. The molecular weight excluding hydrogens is 390 g/mol. The molecule has 4 aromatic rings. The number of amides is 1. The molecule has 31 heavy (non-hydrogen) atoms. The van der Waals surface area contributed by atoms with Crippen LogP contribution in [0.1, 0.15) is 38.8 Å². The molecule has 154 valence electrons.